The first-order chi connectivity index (χ1) is 10.3. The normalized spacial score (nSPS) is 19.0. The molecule has 0 spiro atoms. The number of likely N-dealkylation sites (tertiary alicyclic amines) is 1. The van der Waals surface area contributed by atoms with E-state index in [1.165, 1.54) is 30.4 Å². The first kappa shape index (κ1) is 17.2. The molecule has 1 saturated heterocycles. The van der Waals surface area contributed by atoms with E-state index in [1.54, 1.807) is 4.90 Å². The summed E-state index contributed by atoms with van der Waals surface area (Å²) >= 11 is 0. The van der Waals surface area contributed by atoms with Gasteiger partial charge in [0.1, 0.15) is 6.10 Å². The van der Waals surface area contributed by atoms with Gasteiger partial charge < -0.3 is 9.64 Å². The van der Waals surface area contributed by atoms with Gasteiger partial charge in [-0.2, -0.15) is 0 Å². The Bertz CT molecular complexity index is 432. The molecule has 1 fully saturated rings. The van der Waals surface area contributed by atoms with Gasteiger partial charge in [-0.05, 0) is 25.3 Å². The van der Waals surface area contributed by atoms with E-state index in [-0.39, 0.29) is 6.10 Å². The van der Waals surface area contributed by atoms with Crippen LogP contribution in [0, 0.1) is 6.92 Å². The van der Waals surface area contributed by atoms with Crippen LogP contribution >= 0.6 is 0 Å². The quantitative estimate of drug-likeness (QED) is 0.784. The number of aryl methyl sites for hydroxylation is 1. The topological polar surface area (TPSA) is 41.9 Å². The lowest BCUT2D eigenvalue weighted by Crippen LogP contribution is -2.15. The number of carbonyl (C=O) groups excluding carboxylic acids is 1. The lowest BCUT2D eigenvalue weighted by Gasteiger charge is -2.08. The molecule has 1 amide bonds. The summed E-state index contributed by atoms with van der Waals surface area (Å²) in [6.45, 7) is 8.79. The maximum absolute atomic E-state index is 9.93. The van der Waals surface area contributed by atoms with Gasteiger partial charge in [-0.3, -0.25) is 9.79 Å². The Balaban J connectivity index is 0.000000210. The fourth-order valence-corrected chi connectivity index (χ4v) is 2.20. The molecule has 1 atom stereocenters. The second-order valence-electron chi connectivity index (χ2n) is 4.86. The molecule has 21 heavy (non-hydrogen) atoms. The summed E-state index contributed by atoms with van der Waals surface area (Å²) < 4.78 is 5.30. The van der Waals surface area contributed by atoms with E-state index in [9.17, 15) is 4.79 Å². The van der Waals surface area contributed by atoms with Crippen molar-refractivity contribution in [2.75, 3.05) is 19.6 Å². The van der Waals surface area contributed by atoms with Crippen molar-refractivity contribution in [2.45, 2.75) is 39.7 Å². The fraction of sp³-hybridized carbons (Fsp3) is 0.529. The van der Waals surface area contributed by atoms with Gasteiger partial charge in [-0.15, -0.1) is 0 Å². The third kappa shape index (κ3) is 5.98. The lowest BCUT2D eigenvalue weighted by molar-refractivity contribution is -0.117. The molecule has 0 aromatic heterocycles. The number of hydrogen-bond acceptors (Lipinski definition) is 3. The van der Waals surface area contributed by atoms with Crippen molar-refractivity contribution in [3.05, 3.63) is 35.4 Å². The van der Waals surface area contributed by atoms with Crippen molar-refractivity contribution in [1.29, 1.82) is 0 Å². The largest absolute Gasteiger partial charge is 0.474 e. The Morgan fingerprint density at radius 1 is 1.29 bits per heavy atom. The van der Waals surface area contributed by atoms with Crippen molar-refractivity contribution >= 4 is 12.8 Å². The van der Waals surface area contributed by atoms with Gasteiger partial charge in [-0.1, -0.05) is 43.7 Å². The van der Waals surface area contributed by atoms with Gasteiger partial charge in [0.15, 0.2) is 6.40 Å². The first-order valence-corrected chi connectivity index (χ1v) is 7.69. The zero-order chi connectivity index (χ0) is 15.5. The predicted octanol–water partition coefficient (Wildman–Crippen LogP) is 3.36. The molecular formula is C17H26N2O2. The van der Waals surface area contributed by atoms with E-state index in [0.717, 1.165) is 26.0 Å². The van der Waals surface area contributed by atoms with Crippen LogP contribution in [0.25, 0.3) is 0 Å². The number of benzene rings is 1. The van der Waals surface area contributed by atoms with E-state index in [2.05, 4.69) is 30.1 Å². The summed E-state index contributed by atoms with van der Waals surface area (Å²) in [5.74, 6) is 0. The Hall–Kier alpha value is -1.84. The van der Waals surface area contributed by atoms with Crippen LogP contribution in [0.3, 0.4) is 0 Å². The van der Waals surface area contributed by atoms with Crippen LogP contribution in [0.15, 0.2) is 29.3 Å². The van der Waals surface area contributed by atoms with Crippen molar-refractivity contribution in [3.63, 3.8) is 0 Å². The molecule has 0 bridgehead atoms. The van der Waals surface area contributed by atoms with Crippen LogP contribution in [0.1, 0.15) is 43.9 Å². The zero-order valence-corrected chi connectivity index (χ0v) is 13.3. The highest BCUT2D eigenvalue weighted by molar-refractivity contribution is 5.50. The Kier molecular flexibility index (Phi) is 8.17. The van der Waals surface area contributed by atoms with Gasteiger partial charge in [0.2, 0.25) is 6.41 Å². The number of ether oxygens (including phenoxy) is 1. The number of nitrogens with zero attached hydrogens (tertiary/aromatic N) is 2. The molecule has 0 saturated carbocycles. The highest BCUT2D eigenvalue weighted by Gasteiger charge is 2.14. The van der Waals surface area contributed by atoms with Crippen LogP contribution in [-0.2, 0) is 9.53 Å². The van der Waals surface area contributed by atoms with Crippen LogP contribution in [-0.4, -0.2) is 37.3 Å². The molecule has 2 aliphatic rings. The van der Waals surface area contributed by atoms with E-state index >= 15 is 0 Å². The minimum Gasteiger partial charge on any atom is -0.474 e. The maximum atomic E-state index is 9.93. The summed E-state index contributed by atoms with van der Waals surface area (Å²) in [5.41, 5.74) is 2.48. The number of rotatable bonds is 2. The van der Waals surface area contributed by atoms with Crippen LogP contribution in [0.4, 0.5) is 0 Å². The number of aliphatic imine (C=N–C) groups is 1. The lowest BCUT2D eigenvalue weighted by atomic mass is 10.1. The van der Waals surface area contributed by atoms with E-state index < -0.39 is 0 Å². The maximum Gasteiger partial charge on any atom is 0.209 e. The third-order valence-corrected chi connectivity index (χ3v) is 3.27. The van der Waals surface area contributed by atoms with Crippen molar-refractivity contribution in [3.8, 4) is 0 Å². The fourth-order valence-electron chi connectivity index (χ4n) is 2.20. The predicted molar refractivity (Wildman–Crippen MR) is 86.6 cm³/mol. The van der Waals surface area contributed by atoms with Crippen molar-refractivity contribution in [2.24, 2.45) is 4.99 Å². The van der Waals surface area contributed by atoms with E-state index in [0.29, 0.717) is 0 Å². The second kappa shape index (κ2) is 9.97. The standard InChI is InChI=1S/C10H11NO.C5H9NO.C2H6/c1-8-3-2-4-9(5-8)10-6-11-7-12-10;7-5-6-3-1-2-4-6;1-2/h2-5,7,10H,6H2,1H3;5H,1-4H2;1-2H3. The Labute approximate surface area is 127 Å². The summed E-state index contributed by atoms with van der Waals surface area (Å²) in [6, 6.07) is 8.34. The average Bonchev–Trinajstić information content (AvgIpc) is 3.23. The average molecular weight is 290 g/mol. The first-order valence-electron chi connectivity index (χ1n) is 7.69. The molecule has 0 N–H and O–H groups in total. The number of amides is 1. The molecule has 0 radical (unpaired) electrons. The molecule has 1 aromatic rings. The number of carbonyl (C=O) groups is 1. The molecule has 4 heteroatoms. The Morgan fingerprint density at radius 3 is 2.48 bits per heavy atom. The highest BCUT2D eigenvalue weighted by Crippen LogP contribution is 2.20. The Morgan fingerprint density at radius 2 is 2.00 bits per heavy atom. The third-order valence-electron chi connectivity index (χ3n) is 3.27. The molecule has 3 rings (SSSR count). The molecule has 116 valence electrons. The highest BCUT2D eigenvalue weighted by atomic mass is 16.5. The zero-order valence-electron chi connectivity index (χ0n) is 13.3. The van der Waals surface area contributed by atoms with Gasteiger partial charge in [0.05, 0.1) is 6.54 Å². The molecule has 4 nitrogen and oxygen atoms in total. The SMILES string of the molecule is CC.Cc1cccc(C2CN=CO2)c1.O=CN1CCCC1. The summed E-state index contributed by atoms with van der Waals surface area (Å²) in [7, 11) is 0. The second-order valence-corrected chi connectivity index (χ2v) is 4.86. The summed E-state index contributed by atoms with van der Waals surface area (Å²) in [5, 5.41) is 0. The van der Waals surface area contributed by atoms with Crippen molar-refractivity contribution < 1.29 is 9.53 Å². The van der Waals surface area contributed by atoms with Gasteiger partial charge in [0.25, 0.3) is 0 Å². The van der Waals surface area contributed by atoms with Crippen LogP contribution in [0.2, 0.25) is 0 Å². The van der Waals surface area contributed by atoms with Gasteiger partial charge in [-0.25, -0.2) is 0 Å². The van der Waals surface area contributed by atoms with Gasteiger partial charge in [0, 0.05) is 13.1 Å². The minimum absolute atomic E-state index is 0.143. The molecule has 1 aromatic carbocycles. The molecular weight excluding hydrogens is 264 g/mol. The summed E-state index contributed by atoms with van der Waals surface area (Å²) in [6.07, 6.45) is 4.99. The molecule has 2 aliphatic heterocycles. The molecule has 2 heterocycles. The monoisotopic (exact) mass is 290 g/mol. The molecule has 0 aliphatic carbocycles. The van der Waals surface area contributed by atoms with E-state index in [1.807, 2.05) is 19.9 Å². The molecule has 1 unspecified atom stereocenters. The van der Waals surface area contributed by atoms with Crippen LogP contribution in [0.5, 0.6) is 0 Å². The smallest absolute Gasteiger partial charge is 0.209 e. The van der Waals surface area contributed by atoms with Gasteiger partial charge >= 0.3 is 0 Å². The van der Waals surface area contributed by atoms with Crippen molar-refractivity contribution in [1.82, 2.24) is 4.90 Å². The van der Waals surface area contributed by atoms with Crippen LogP contribution < -0.4 is 0 Å². The van der Waals surface area contributed by atoms with E-state index in [4.69, 9.17) is 4.74 Å². The summed E-state index contributed by atoms with van der Waals surface area (Å²) in [4.78, 5) is 15.8. The number of hydrogen-bond donors (Lipinski definition) is 0. The minimum atomic E-state index is 0.143.